The standard InChI is InChI=1S/C11H22N2O/c1-13-4-2-3-9(13)5-11(8-12)6-10(14)7-11/h9-10,14H,2-8,12H2,1H3. The number of aliphatic hydroxyl groups is 1. The largest absolute Gasteiger partial charge is 0.393 e. The first-order valence-electron chi connectivity index (χ1n) is 5.74. The summed E-state index contributed by atoms with van der Waals surface area (Å²) in [5.41, 5.74) is 6.09. The van der Waals surface area contributed by atoms with Gasteiger partial charge in [-0.2, -0.15) is 0 Å². The minimum Gasteiger partial charge on any atom is -0.393 e. The lowest BCUT2D eigenvalue weighted by Crippen LogP contribution is -2.49. The van der Waals surface area contributed by atoms with E-state index in [0.717, 1.165) is 19.4 Å². The van der Waals surface area contributed by atoms with Crippen molar-refractivity contribution in [3.05, 3.63) is 0 Å². The summed E-state index contributed by atoms with van der Waals surface area (Å²) in [5, 5.41) is 9.39. The van der Waals surface area contributed by atoms with Crippen LogP contribution in [0.1, 0.15) is 32.1 Å². The van der Waals surface area contributed by atoms with Gasteiger partial charge in [0.05, 0.1) is 6.10 Å². The first-order valence-corrected chi connectivity index (χ1v) is 5.74. The number of hydrogen-bond acceptors (Lipinski definition) is 3. The zero-order valence-electron chi connectivity index (χ0n) is 9.08. The van der Waals surface area contributed by atoms with Gasteiger partial charge in [-0.1, -0.05) is 0 Å². The van der Waals surface area contributed by atoms with Crippen molar-refractivity contribution in [2.75, 3.05) is 20.1 Å². The summed E-state index contributed by atoms with van der Waals surface area (Å²) in [5.74, 6) is 0. The van der Waals surface area contributed by atoms with Crippen molar-refractivity contribution in [2.45, 2.75) is 44.2 Å². The highest BCUT2D eigenvalue weighted by molar-refractivity contribution is 4.98. The average molecular weight is 198 g/mol. The molecule has 0 aromatic carbocycles. The van der Waals surface area contributed by atoms with E-state index in [2.05, 4.69) is 11.9 Å². The van der Waals surface area contributed by atoms with Crippen molar-refractivity contribution in [3.63, 3.8) is 0 Å². The highest BCUT2D eigenvalue weighted by Gasteiger charge is 2.44. The Kier molecular flexibility index (Phi) is 2.82. The van der Waals surface area contributed by atoms with Crippen LogP contribution in [0.3, 0.4) is 0 Å². The van der Waals surface area contributed by atoms with Gasteiger partial charge < -0.3 is 15.7 Å². The Labute approximate surface area is 86.3 Å². The Bertz CT molecular complexity index is 201. The fourth-order valence-electron chi connectivity index (χ4n) is 3.09. The number of aliphatic hydroxyl groups excluding tert-OH is 1. The molecule has 1 saturated carbocycles. The second kappa shape index (κ2) is 3.80. The summed E-state index contributed by atoms with van der Waals surface area (Å²) in [7, 11) is 2.21. The molecule has 0 bridgehead atoms. The van der Waals surface area contributed by atoms with Crippen molar-refractivity contribution >= 4 is 0 Å². The van der Waals surface area contributed by atoms with Crippen molar-refractivity contribution in [3.8, 4) is 0 Å². The quantitative estimate of drug-likeness (QED) is 0.697. The molecule has 2 rings (SSSR count). The third-order valence-corrected chi connectivity index (χ3v) is 4.11. The summed E-state index contributed by atoms with van der Waals surface area (Å²) < 4.78 is 0. The summed E-state index contributed by atoms with van der Waals surface area (Å²) in [6, 6.07) is 0.714. The molecule has 1 saturated heterocycles. The van der Waals surface area contributed by atoms with Crippen LogP contribution in [0.25, 0.3) is 0 Å². The van der Waals surface area contributed by atoms with Crippen molar-refractivity contribution < 1.29 is 5.11 Å². The lowest BCUT2D eigenvalue weighted by atomic mass is 9.63. The Morgan fingerprint density at radius 1 is 1.50 bits per heavy atom. The van der Waals surface area contributed by atoms with Gasteiger partial charge in [0.2, 0.25) is 0 Å². The van der Waals surface area contributed by atoms with E-state index in [0.29, 0.717) is 6.04 Å². The van der Waals surface area contributed by atoms with Gasteiger partial charge in [0.25, 0.3) is 0 Å². The number of nitrogens with two attached hydrogens (primary N) is 1. The van der Waals surface area contributed by atoms with Crippen molar-refractivity contribution in [1.29, 1.82) is 0 Å². The molecule has 2 fully saturated rings. The van der Waals surface area contributed by atoms with E-state index in [4.69, 9.17) is 5.73 Å². The van der Waals surface area contributed by atoms with E-state index in [1.54, 1.807) is 0 Å². The van der Waals surface area contributed by atoms with Crippen molar-refractivity contribution in [1.82, 2.24) is 4.90 Å². The maximum Gasteiger partial charge on any atom is 0.0551 e. The van der Waals surface area contributed by atoms with Crippen LogP contribution in [0.15, 0.2) is 0 Å². The Hall–Kier alpha value is -0.120. The van der Waals surface area contributed by atoms with Crippen LogP contribution in [-0.4, -0.2) is 42.3 Å². The second-order valence-electron chi connectivity index (χ2n) is 5.25. The summed E-state index contributed by atoms with van der Waals surface area (Å²) in [4.78, 5) is 2.45. The van der Waals surface area contributed by atoms with Crippen LogP contribution in [0, 0.1) is 5.41 Å². The Morgan fingerprint density at radius 3 is 2.64 bits per heavy atom. The minimum atomic E-state index is -0.0785. The zero-order valence-corrected chi connectivity index (χ0v) is 9.08. The van der Waals surface area contributed by atoms with E-state index in [9.17, 15) is 5.11 Å². The average Bonchev–Trinajstić information content (AvgIpc) is 2.48. The molecule has 3 nitrogen and oxygen atoms in total. The number of likely N-dealkylation sites (tertiary alicyclic amines) is 1. The number of rotatable bonds is 3. The lowest BCUT2D eigenvalue weighted by molar-refractivity contribution is -0.0418. The number of nitrogens with zero attached hydrogens (tertiary/aromatic N) is 1. The molecule has 0 aromatic heterocycles. The molecule has 82 valence electrons. The third-order valence-electron chi connectivity index (χ3n) is 4.11. The molecule has 1 unspecified atom stereocenters. The van der Waals surface area contributed by atoms with E-state index in [1.807, 2.05) is 0 Å². The molecule has 0 radical (unpaired) electrons. The van der Waals surface area contributed by atoms with Gasteiger partial charge in [-0.15, -0.1) is 0 Å². The van der Waals surface area contributed by atoms with Crippen LogP contribution in [0.4, 0.5) is 0 Å². The van der Waals surface area contributed by atoms with Gasteiger partial charge in [0.1, 0.15) is 0 Å². The molecule has 1 heterocycles. The topological polar surface area (TPSA) is 49.5 Å². The monoisotopic (exact) mass is 198 g/mol. The third kappa shape index (κ3) is 1.81. The Balaban J connectivity index is 1.89. The van der Waals surface area contributed by atoms with Gasteiger partial charge in [0.15, 0.2) is 0 Å². The van der Waals surface area contributed by atoms with E-state index in [-0.39, 0.29) is 11.5 Å². The second-order valence-corrected chi connectivity index (χ2v) is 5.25. The maximum atomic E-state index is 9.39. The molecular formula is C11H22N2O. The lowest BCUT2D eigenvalue weighted by Gasteiger charge is -2.47. The molecule has 14 heavy (non-hydrogen) atoms. The van der Waals surface area contributed by atoms with E-state index < -0.39 is 0 Å². The molecule has 1 aliphatic carbocycles. The molecule has 0 amide bonds. The molecule has 3 N–H and O–H groups in total. The molecule has 3 heteroatoms. The summed E-state index contributed by atoms with van der Waals surface area (Å²) >= 11 is 0. The smallest absolute Gasteiger partial charge is 0.0551 e. The van der Waals surface area contributed by atoms with Crippen LogP contribution in [0.5, 0.6) is 0 Å². The van der Waals surface area contributed by atoms with Crippen LogP contribution < -0.4 is 5.73 Å². The van der Waals surface area contributed by atoms with E-state index >= 15 is 0 Å². The Morgan fingerprint density at radius 2 is 2.21 bits per heavy atom. The maximum absolute atomic E-state index is 9.39. The minimum absolute atomic E-state index is 0.0785. The first kappa shape index (κ1) is 10.4. The molecule has 1 atom stereocenters. The molecule has 2 aliphatic rings. The fourth-order valence-corrected chi connectivity index (χ4v) is 3.09. The van der Waals surface area contributed by atoms with Crippen LogP contribution in [-0.2, 0) is 0 Å². The summed E-state index contributed by atoms with van der Waals surface area (Å²) in [6.07, 6.45) is 5.60. The highest BCUT2D eigenvalue weighted by atomic mass is 16.3. The van der Waals surface area contributed by atoms with Crippen LogP contribution >= 0.6 is 0 Å². The zero-order chi connectivity index (χ0) is 10.2. The highest BCUT2D eigenvalue weighted by Crippen LogP contribution is 2.45. The van der Waals surface area contributed by atoms with Gasteiger partial charge in [0, 0.05) is 6.04 Å². The first-order chi connectivity index (χ1) is 6.65. The molecule has 1 aliphatic heterocycles. The summed E-state index contributed by atoms with van der Waals surface area (Å²) in [6.45, 7) is 1.97. The van der Waals surface area contributed by atoms with Gasteiger partial charge >= 0.3 is 0 Å². The van der Waals surface area contributed by atoms with E-state index in [1.165, 1.54) is 25.8 Å². The number of hydrogen-bond donors (Lipinski definition) is 2. The van der Waals surface area contributed by atoms with Crippen molar-refractivity contribution in [2.24, 2.45) is 11.1 Å². The fraction of sp³-hybridized carbons (Fsp3) is 1.00. The molecule has 0 aromatic rings. The predicted molar refractivity (Wildman–Crippen MR) is 57.0 cm³/mol. The SMILES string of the molecule is CN1CCCC1CC1(CN)CC(O)C1. The molecular weight excluding hydrogens is 176 g/mol. The van der Waals surface area contributed by atoms with Gasteiger partial charge in [-0.05, 0) is 57.7 Å². The predicted octanol–water partition coefficient (Wildman–Crippen LogP) is 0.570. The van der Waals surface area contributed by atoms with Gasteiger partial charge in [-0.25, -0.2) is 0 Å². The normalized spacial score (nSPS) is 43.9. The van der Waals surface area contributed by atoms with Crippen LogP contribution in [0.2, 0.25) is 0 Å². The van der Waals surface area contributed by atoms with Gasteiger partial charge in [-0.3, -0.25) is 0 Å². The molecule has 0 spiro atoms.